The van der Waals surface area contributed by atoms with Crippen LogP contribution in [0.5, 0.6) is 0 Å². The lowest BCUT2D eigenvalue weighted by Gasteiger charge is -2.29. The minimum Gasteiger partial charge on any atom is -0.352 e. The molecule has 0 spiro atoms. The van der Waals surface area contributed by atoms with E-state index in [1.807, 2.05) is 0 Å². The van der Waals surface area contributed by atoms with Crippen LogP contribution in [-0.4, -0.2) is 44.1 Å². The van der Waals surface area contributed by atoms with Crippen molar-refractivity contribution in [3.05, 3.63) is 12.2 Å². The van der Waals surface area contributed by atoms with Crippen molar-refractivity contribution in [3.8, 4) is 0 Å². The SMILES string of the molecule is C=C(C)C(=O)NCCCCCCCC[N+](C)(C)CCC. The number of hydrogen-bond acceptors (Lipinski definition) is 1. The third-order valence-corrected chi connectivity index (χ3v) is 3.69. The molecule has 0 atom stereocenters. The predicted octanol–water partition coefficient (Wildman–Crippen LogP) is 3.51. The van der Waals surface area contributed by atoms with Crippen LogP contribution in [0.3, 0.4) is 0 Å². The highest BCUT2D eigenvalue weighted by Crippen LogP contribution is 2.08. The molecule has 1 amide bonds. The molecule has 0 aliphatic carbocycles. The van der Waals surface area contributed by atoms with Gasteiger partial charge in [0.25, 0.3) is 0 Å². The summed E-state index contributed by atoms with van der Waals surface area (Å²) >= 11 is 0. The van der Waals surface area contributed by atoms with E-state index in [1.165, 1.54) is 51.6 Å². The summed E-state index contributed by atoms with van der Waals surface area (Å²) in [6, 6.07) is 0. The van der Waals surface area contributed by atoms with Gasteiger partial charge in [-0.2, -0.15) is 0 Å². The molecule has 0 aliphatic rings. The molecule has 3 heteroatoms. The fourth-order valence-electron chi connectivity index (χ4n) is 2.44. The number of nitrogens with one attached hydrogen (secondary N) is 1. The minimum absolute atomic E-state index is 0.0130. The fraction of sp³-hybridized carbons (Fsp3) is 0.824. The van der Waals surface area contributed by atoms with E-state index >= 15 is 0 Å². The third-order valence-electron chi connectivity index (χ3n) is 3.69. The van der Waals surface area contributed by atoms with Gasteiger partial charge in [-0.15, -0.1) is 0 Å². The Morgan fingerprint density at radius 3 is 2.10 bits per heavy atom. The van der Waals surface area contributed by atoms with Crippen molar-refractivity contribution in [2.45, 2.75) is 58.8 Å². The number of unbranched alkanes of at least 4 members (excludes halogenated alkanes) is 5. The van der Waals surface area contributed by atoms with Gasteiger partial charge >= 0.3 is 0 Å². The van der Waals surface area contributed by atoms with Gasteiger partial charge in [-0.1, -0.05) is 32.8 Å². The van der Waals surface area contributed by atoms with Crippen molar-refractivity contribution in [2.24, 2.45) is 0 Å². The Labute approximate surface area is 126 Å². The lowest BCUT2D eigenvalue weighted by Crippen LogP contribution is -2.40. The molecule has 1 N–H and O–H groups in total. The summed E-state index contributed by atoms with van der Waals surface area (Å²) in [4.78, 5) is 11.3. The summed E-state index contributed by atoms with van der Waals surface area (Å²) in [5.41, 5.74) is 0.595. The third kappa shape index (κ3) is 11.0. The van der Waals surface area contributed by atoms with E-state index in [9.17, 15) is 4.79 Å². The van der Waals surface area contributed by atoms with Gasteiger partial charge in [-0.05, 0) is 32.6 Å². The first-order valence-corrected chi connectivity index (χ1v) is 8.15. The van der Waals surface area contributed by atoms with Crippen molar-refractivity contribution in [3.63, 3.8) is 0 Å². The average Bonchev–Trinajstić information content (AvgIpc) is 2.36. The topological polar surface area (TPSA) is 29.1 Å². The van der Waals surface area contributed by atoms with Crippen LogP contribution in [-0.2, 0) is 4.79 Å². The zero-order valence-electron chi connectivity index (χ0n) is 14.1. The maximum absolute atomic E-state index is 11.3. The van der Waals surface area contributed by atoms with E-state index in [4.69, 9.17) is 0 Å². The molecule has 3 nitrogen and oxygen atoms in total. The van der Waals surface area contributed by atoms with Crippen molar-refractivity contribution < 1.29 is 9.28 Å². The predicted molar refractivity (Wildman–Crippen MR) is 87.7 cm³/mol. The van der Waals surface area contributed by atoms with Crippen LogP contribution in [0.2, 0.25) is 0 Å². The monoisotopic (exact) mass is 283 g/mol. The van der Waals surface area contributed by atoms with E-state index in [-0.39, 0.29) is 5.91 Å². The maximum atomic E-state index is 11.3. The van der Waals surface area contributed by atoms with Gasteiger partial charge in [0.2, 0.25) is 5.91 Å². The summed E-state index contributed by atoms with van der Waals surface area (Å²) in [6.45, 7) is 11.0. The highest BCUT2D eigenvalue weighted by molar-refractivity contribution is 5.91. The quantitative estimate of drug-likeness (QED) is 0.331. The van der Waals surface area contributed by atoms with Crippen LogP contribution in [0, 0.1) is 0 Å². The van der Waals surface area contributed by atoms with E-state index in [0.717, 1.165) is 17.4 Å². The Hall–Kier alpha value is -0.830. The standard InChI is InChI=1S/C17H34N2O/c1-6-14-19(4,5)15-12-10-8-7-9-11-13-18-17(20)16(2)3/h2,6-15H2,1,3-5H3/p+1. The second-order valence-electron chi connectivity index (χ2n) is 6.54. The number of carbonyl (C=O) groups is 1. The summed E-state index contributed by atoms with van der Waals surface area (Å²) in [5.74, 6) is -0.0130. The second-order valence-corrected chi connectivity index (χ2v) is 6.54. The lowest BCUT2D eigenvalue weighted by molar-refractivity contribution is -0.890. The Balaban J connectivity index is 3.33. The number of hydrogen-bond donors (Lipinski definition) is 1. The van der Waals surface area contributed by atoms with E-state index in [0.29, 0.717) is 5.57 Å². The Bertz CT molecular complexity index is 285. The molecular weight excluding hydrogens is 248 g/mol. The van der Waals surface area contributed by atoms with Gasteiger partial charge in [0.05, 0.1) is 27.2 Å². The molecule has 0 fully saturated rings. The van der Waals surface area contributed by atoms with Crippen molar-refractivity contribution >= 4 is 5.91 Å². The molecule has 118 valence electrons. The molecule has 0 heterocycles. The number of quaternary nitrogens is 1. The number of rotatable bonds is 12. The summed E-state index contributed by atoms with van der Waals surface area (Å²) in [5, 5.41) is 2.88. The van der Waals surface area contributed by atoms with Crippen molar-refractivity contribution in [1.82, 2.24) is 5.32 Å². The highest BCUT2D eigenvalue weighted by atomic mass is 16.1. The van der Waals surface area contributed by atoms with Gasteiger partial charge < -0.3 is 9.80 Å². The zero-order chi connectivity index (χ0) is 15.4. The molecule has 0 aromatic rings. The van der Waals surface area contributed by atoms with Crippen LogP contribution in [0.1, 0.15) is 58.8 Å². The maximum Gasteiger partial charge on any atom is 0.246 e. The van der Waals surface area contributed by atoms with Crippen LogP contribution in [0.4, 0.5) is 0 Å². The first kappa shape index (κ1) is 19.2. The number of amides is 1. The van der Waals surface area contributed by atoms with Crippen LogP contribution >= 0.6 is 0 Å². The Morgan fingerprint density at radius 1 is 1.00 bits per heavy atom. The number of nitrogens with zero attached hydrogens (tertiary/aromatic N) is 1. The summed E-state index contributed by atoms with van der Waals surface area (Å²) in [6.07, 6.45) is 8.83. The van der Waals surface area contributed by atoms with Gasteiger partial charge in [-0.3, -0.25) is 4.79 Å². The van der Waals surface area contributed by atoms with Crippen LogP contribution < -0.4 is 5.32 Å². The normalized spacial score (nSPS) is 11.4. The fourth-order valence-corrected chi connectivity index (χ4v) is 2.44. The first-order chi connectivity index (χ1) is 9.39. The van der Waals surface area contributed by atoms with Gasteiger partial charge in [0, 0.05) is 12.1 Å². The van der Waals surface area contributed by atoms with Gasteiger partial charge in [0.1, 0.15) is 0 Å². The largest absolute Gasteiger partial charge is 0.352 e. The molecule has 0 aromatic heterocycles. The molecule has 0 unspecified atom stereocenters. The lowest BCUT2D eigenvalue weighted by atomic mass is 10.1. The molecular formula is C17H35N2O+. The first-order valence-electron chi connectivity index (χ1n) is 8.15. The zero-order valence-corrected chi connectivity index (χ0v) is 14.1. The average molecular weight is 283 g/mol. The molecule has 0 saturated heterocycles. The number of carbonyl (C=O) groups excluding carboxylic acids is 1. The van der Waals surface area contributed by atoms with Crippen molar-refractivity contribution in [1.29, 1.82) is 0 Å². The minimum atomic E-state index is -0.0130. The molecule has 0 radical (unpaired) electrons. The molecule has 20 heavy (non-hydrogen) atoms. The molecule has 0 aromatic carbocycles. The molecule has 0 rings (SSSR count). The highest BCUT2D eigenvalue weighted by Gasteiger charge is 2.11. The Kier molecular flexibility index (Phi) is 10.4. The second kappa shape index (κ2) is 10.9. The Morgan fingerprint density at radius 2 is 1.55 bits per heavy atom. The van der Waals surface area contributed by atoms with E-state index < -0.39 is 0 Å². The molecule has 0 bridgehead atoms. The smallest absolute Gasteiger partial charge is 0.246 e. The van der Waals surface area contributed by atoms with Gasteiger partial charge in [0.15, 0.2) is 0 Å². The van der Waals surface area contributed by atoms with Crippen LogP contribution in [0.15, 0.2) is 12.2 Å². The van der Waals surface area contributed by atoms with E-state index in [1.54, 1.807) is 6.92 Å². The van der Waals surface area contributed by atoms with Gasteiger partial charge in [-0.25, -0.2) is 0 Å². The molecule has 0 saturated carbocycles. The van der Waals surface area contributed by atoms with E-state index in [2.05, 4.69) is 32.9 Å². The molecule has 0 aliphatic heterocycles. The summed E-state index contributed by atoms with van der Waals surface area (Å²) < 4.78 is 1.16. The van der Waals surface area contributed by atoms with Crippen LogP contribution in [0.25, 0.3) is 0 Å². The van der Waals surface area contributed by atoms with Crippen molar-refractivity contribution in [2.75, 3.05) is 33.7 Å². The summed E-state index contributed by atoms with van der Waals surface area (Å²) in [7, 11) is 4.65.